The zero-order chi connectivity index (χ0) is 25.2. The van der Waals surface area contributed by atoms with E-state index in [1.165, 1.54) is 12.8 Å². The molecule has 0 aromatic carbocycles. The van der Waals surface area contributed by atoms with Crippen molar-refractivity contribution >= 4 is 23.6 Å². The lowest BCUT2D eigenvalue weighted by Gasteiger charge is -2.38. The van der Waals surface area contributed by atoms with Gasteiger partial charge in [-0.15, -0.1) is 0 Å². The lowest BCUT2D eigenvalue weighted by atomic mass is 9.73. The van der Waals surface area contributed by atoms with Crippen molar-refractivity contribution in [2.24, 2.45) is 17.1 Å². The molecular weight excluding hydrogens is 442 g/mol. The fraction of sp³-hybridized carbons (Fsp3) is 0.769. The van der Waals surface area contributed by atoms with Gasteiger partial charge in [0, 0.05) is 39.3 Å². The van der Waals surface area contributed by atoms with Crippen LogP contribution < -0.4 is 16.0 Å². The average molecular weight is 486 g/mol. The van der Waals surface area contributed by atoms with Gasteiger partial charge in [-0.25, -0.2) is 14.8 Å². The first-order chi connectivity index (χ1) is 16.6. The van der Waals surface area contributed by atoms with Crippen LogP contribution in [0.5, 0.6) is 0 Å². The molecule has 4 rings (SSSR count). The Morgan fingerprint density at radius 3 is 2.51 bits per heavy atom. The van der Waals surface area contributed by atoms with Gasteiger partial charge in [0.15, 0.2) is 11.5 Å². The molecule has 2 aliphatic heterocycles. The highest BCUT2D eigenvalue weighted by Gasteiger charge is 2.35. The zero-order valence-electron chi connectivity index (χ0n) is 21.9. The molecule has 1 aliphatic carbocycles. The first-order valence-corrected chi connectivity index (χ1v) is 13.3. The van der Waals surface area contributed by atoms with Crippen molar-refractivity contribution in [1.82, 2.24) is 19.8 Å². The highest BCUT2D eigenvalue weighted by molar-refractivity contribution is 5.95. The summed E-state index contributed by atoms with van der Waals surface area (Å²) < 4.78 is 0. The van der Waals surface area contributed by atoms with E-state index in [1.807, 2.05) is 11.9 Å². The van der Waals surface area contributed by atoms with E-state index in [0.29, 0.717) is 17.2 Å². The molecule has 0 spiro atoms. The number of aromatic nitrogens is 2. The van der Waals surface area contributed by atoms with Crippen LogP contribution in [0.4, 0.5) is 16.4 Å². The van der Waals surface area contributed by atoms with Crippen LogP contribution in [-0.2, 0) is 0 Å². The molecule has 1 aromatic heterocycles. The molecule has 3 heterocycles. The van der Waals surface area contributed by atoms with Crippen LogP contribution in [0.1, 0.15) is 82.6 Å². The minimum Gasteiger partial charge on any atom is -0.365 e. The molecular formula is C26H43N7O2. The number of nitrogens with one attached hydrogen (secondary N) is 1. The van der Waals surface area contributed by atoms with Crippen molar-refractivity contribution in [1.29, 1.82) is 0 Å². The summed E-state index contributed by atoms with van der Waals surface area (Å²) >= 11 is 0. The molecule has 3 N–H and O–H groups in total. The van der Waals surface area contributed by atoms with Gasteiger partial charge in [-0.2, -0.15) is 0 Å². The Morgan fingerprint density at radius 2 is 1.83 bits per heavy atom. The molecule has 35 heavy (non-hydrogen) atoms. The number of hydrogen-bond acceptors (Lipinski definition) is 6. The van der Waals surface area contributed by atoms with E-state index in [2.05, 4.69) is 36.0 Å². The number of nitrogens with two attached hydrogens (primary N) is 1. The first kappa shape index (κ1) is 25.5. The van der Waals surface area contributed by atoms with E-state index in [-0.39, 0.29) is 23.8 Å². The standard InChI is InChI=1S/C26H43N7O2/c1-26(2,3)18-8-5-6-9-19(12-11-18)29-24-22(23(27)34)28-16-21(30-24)32-13-7-10-20(17-32)33-15-14-31(4)25(33)35/h16,18-20H,5-15,17H2,1-4H3,(H2,27,34)(H,29,30)/t18?,19?,20-/m1/s1. The van der Waals surface area contributed by atoms with Gasteiger partial charge in [-0.05, 0) is 49.9 Å². The average Bonchev–Trinajstić information content (AvgIpc) is 3.13. The molecule has 3 amide bonds. The number of anilines is 2. The zero-order valence-corrected chi connectivity index (χ0v) is 21.9. The van der Waals surface area contributed by atoms with Crippen LogP contribution >= 0.6 is 0 Å². The van der Waals surface area contributed by atoms with Crippen molar-refractivity contribution in [2.45, 2.75) is 84.2 Å². The van der Waals surface area contributed by atoms with Crippen molar-refractivity contribution in [3.8, 4) is 0 Å². The van der Waals surface area contributed by atoms with Gasteiger partial charge in [0.05, 0.1) is 12.2 Å². The topological polar surface area (TPSA) is 108 Å². The first-order valence-electron chi connectivity index (χ1n) is 13.3. The third-order valence-corrected chi connectivity index (χ3v) is 8.19. The minimum atomic E-state index is -0.563. The van der Waals surface area contributed by atoms with Gasteiger partial charge in [0.2, 0.25) is 0 Å². The van der Waals surface area contributed by atoms with Crippen LogP contribution in [0.15, 0.2) is 6.20 Å². The third kappa shape index (κ3) is 5.98. The van der Waals surface area contributed by atoms with Crippen molar-refractivity contribution in [2.75, 3.05) is 43.4 Å². The third-order valence-electron chi connectivity index (χ3n) is 8.19. The molecule has 2 unspecified atom stereocenters. The molecule has 2 saturated heterocycles. The van der Waals surface area contributed by atoms with Crippen LogP contribution in [0.2, 0.25) is 0 Å². The molecule has 1 aromatic rings. The number of piperidine rings is 1. The lowest BCUT2D eigenvalue weighted by Crippen LogP contribution is -2.49. The number of nitrogens with zero attached hydrogens (tertiary/aromatic N) is 5. The molecule has 3 atom stereocenters. The predicted molar refractivity (Wildman–Crippen MR) is 139 cm³/mol. The largest absolute Gasteiger partial charge is 0.365 e. The Labute approximate surface area is 209 Å². The SMILES string of the molecule is CN1CCN([C@@H]2CCCN(c3cnc(C(N)=O)c(NC4CCCCC(C(C)(C)C)CC4)n3)C2)C1=O. The summed E-state index contributed by atoms with van der Waals surface area (Å²) in [6, 6.07) is 0.511. The molecule has 3 fully saturated rings. The molecule has 1 saturated carbocycles. The van der Waals surface area contributed by atoms with Gasteiger partial charge in [-0.3, -0.25) is 4.79 Å². The van der Waals surface area contributed by atoms with Crippen LogP contribution in [-0.4, -0.2) is 77.0 Å². The summed E-state index contributed by atoms with van der Waals surface area (Å²) in [6.07, 6.45) is 10.6. The summed E-state index contributed by atoms with van der Waals surface area (Å²) in [5.41, 5.74) is 6.18. The van der Waals surface area contributed by atoms with Crippen LogP contribution in [0.3, 0.4) is 0 Å². The van der Waals surface area contributed by atoms with Gasteiger partial charge in [0.25, 0.3) is 5.91 Å². The Kier molecular flexibility index (Phi) is 7.71. The number of urea groups is 1. The smallest absolute Gasteiger partial charge is 0.320 e. The van der Waals surface area contributed by atoms with Gasteiger partial charge >= 0.3 is 6.03 Å². The Bertz CT molecular complexity index is 915. The fourth-order valence-electron chi connectivity index (χ4n) is 5.91. The maximum absolute atomic E-state index is 12.5. The molecule has 0 bridgehead atoms. The highest BCUT2D eigenvalue weighted by Crippen LogP contribution is 2.37. The molecule has 0 radical (unpaired) electrons. The Hall–Kier alpha value is -2.58. The number of hydrogen-bond donors (Lipinski definition) is 2. The normalized spacial score (nSPS) is 26.5. The van der Waals surface area contributed by atoms with Crippen LogP contribution in [0, 0.1) is 11.3 Å². The van der Waals surface area contributed by atoms with E-state index < -0.39 is 5.91 Å². The van der Waals surface area contributed by atoms with E-state index in [9.17, 15) is 9.59 Å². The Morgan fingerprint density at radius 1 is 1.06 bits per heavy atom. The predicted octanol–water partition coefficient (Wildman–Crippen LogP) is 3.71. The maximum atomic E-state index is 12.5. The maximum Gasteiger partial charge on any atom is 0.320 e. The summed E-state index contributed by atoms with van der Waals surface area (Å²) in [5, 5.41) is 3.56. The second-order valence-corrected chi connectivity index (χ2v) is 11.7. The number of primary amides is 1. The minimum absolute atomic E-state index is 0.104. The number of carbonyl (C=O) groups excluding carboxylic acids is 2. The van der Waals surface area contributed by atoms with E-state index in [4.69, 9.17) is 10.7 Å². The fourth-order valence-corrected chi connectivity index (χ4v) is 5.91. The van der Waals surface area contributed by atoms with Gasteiger partial charge in [0.1, 0.15) is 5.82 Å². The lowest BCUT2D eigenvalue weighted by molar-refractivity contribution is 0.0996. The van der Waals surface area contributed by atoms with Crippen molar-refractivity contribution in [3.05, 3.63) is 11.9 Å². The number of rotatable bonds is 5. The van der Waals surface area contributed by atoms with Gasteiger partial charge in [-0.1, -0.05) is 33.6 Å². The van der Waals surface area contributed by atoms with E-state index in [1.54, 1.807) is 11.1 Å². The quantitative estimate of drug-likeness (QED) is 0.658. The Balaban J connectivity index is 1.49. The summed E-state index contributed by atoms with van der Waals surface area (Å²) in [4.78, 5) is 39.9. The second-order valence-electron chi connectivity index (χ2n) is 11.7. The van der Waals surface area contributed by atoms with Crippen molar-refractivity contribution in [3.63, 3.8) is 0 Å². The summed E-state index contributed by atoms with van der Waals surface area (Å²) in [6.45, 7) is 10.1. The monoisotopic (exact) mass is 485 g/mol. The number of likely N-dealkylation sites (N-methyl/N-ethyl adjacent to an activating group) is 1. The number of amides is 3. The molecule has 9 heteroatoms. The van der Waals surface area contributed by atoms with Gasteiger partial charge < -0.3 is 25.8 Å². The molecule has 194 valence electrons. The van der Waals surface area contributed by atoms with Crippen molar-refractivity contribution < 1.29 is 9.59 Å². The van der Waals surface area contributed by atoms with Crippen LogP contribution in [0.25, 0.3) is 0 Å². The molecule has 9 nitrogen and oxygen atoms in total. The number of carbonyl (C=O) groups is 2. The summed E-state index contributed by atoms with van der Waals surface area (Å²) in [5.74, 6) is 1.36. The second kappa shape index (κ2) is 10.6. The highest BCUT2D eigenvalue weighted by atomic mass is 16.2. The van der Waals surface area contributed by atoms with E-state index >= 15 is 0 Å². The molecule has 3 aliphatic rings. The summed E-state index contributed by atoms with van der Waals surface area (Å²) in [7, 11) is 1.86. The van der Waals surface area contributed by atoms with E-state index in [0.717, 1.165) is 70.5 Å².